The predicted octanol–water partition coefficient (Wildman–Crippen LogP) is 4.14. The van der Waals surface area contributed by atoms with Crippen LogP contribution in [0.25, 0.3) is 16.6 Å². The van der Waals surface area contributed by atoms with Crippen LogP contribution in [-0.4, -0.2) is 32.2 Å². The number of rotatable bonds is 5. The maximum atomic E-state index is 12.7. The van der Waals surface area contributed by atoms with Crippen LogP contribution in [0.5, 0.6) is 0 Å². The zero-order valence-electron chi connectivity index (χ0n) is 14.9. The van der Waals surface area contributed by atoms with Crippen LogP contribution in [0.3, 0.4) is 0 Å². The number of hydrogen-bond acceptors (Lipinski definition) is 2. The average Bonchev–Trinajstić information content (AvgIpc) is 3.30. The molecule has 0 fully saturated rings. The van der Waals surface area contributed by atoms with Gasteiger partial charge in [-0.25, -0.2) is 4.68 Å². The Hall–Kier alpha value is -3.05. The highest BCUT2D eigenvalue weighted by Gasteiger charge is 2.13. The first kappa shape index (κ1) is 17.4. The maximum absolute atomic E-state index is 12.7. The second-order valence-corrected chi connectivity index (χ2v) is 6.96. The largest absolute Gasteiger partial charge is 0.340 e. The summed E-state index contributed by atoms with van der Waals surface area (Å²) < 4.78 is 3.74. The van der Waals surface area contributed by atoms with E-state index in [2.05, 4.69) is 5.10 Å². The minimum absolute atomic E-state index is 0.0277. The molecule has 2 aromatic carbocycles. The second-order valence-electron chi connectivity index (χ2n) is 6.53. The zero-order chi connectivity index (χ0) is 18.8. The smallest absolute Gasteiger partial charge is 0.242 e. The van der Waals surface area contributed by atoms with Crippen LogP contribution < -0.4 is 0 Å². The summed E-state index contributed by atoms with van der Waals surface area (Å²) in [6.45, 7) is 0.777. The Kier molecular flexibility index (Phi) is 4.69. The number of benzene rings is 2. The molecule has 0 spiro atoms. The van der Waals surface area contributed by atoms with E-state index in [1.807, 2.05) is 76.2 Å². The summed E-state index contributed by atoms with van der Waals surface area (Å²) in [6, 6.07) is 17.6. The summed E-state index contributed by atoms with van der Waals surface area (Å²) in [5, 5.41) is 6.12. The molecule has 2 aromatic heterocycles. The van der Waals surface area contributed by atoms with Gasteiger partial charge in [-0.1, -0.05) is 35.9 Å². The van der Waals surface area contributed by atoms with Crippen LogP contribution in [0.4, 0.5) is 0 Å². The molecule has 0 N–H and O–H groups in total. The zero-order valence-corrected chi connectivity index (χ0v) is 15.7. The Morgan fingerprint density at radius 1 is 1.15 bits per heavy atom. The lowest BCUT2D eigenvalue weighted by Crippen LogP contribution is -2.29. The number of nitrogens with zero attached hydrogens (tertiary/aromatic N) is 4. The molecule has 0 unspecified atom stereocenters. The molecule has 0 bridgehead atoms. The van der Waals surface area contributed by atoms with Gasteiger partial charge in [-0.2, -0.15) is 5.10 Å². The third-order valence-corrected chi connectivity index (χ3v) is 4.78. The molecule has 27 heavy (non-hydrogen) atoms. The Labute approximate surface area is 162 Å². The van der Waals surface area contributed by atoms with Crippen molar-refractivity contribution in [2.24, 2.45) is 0 Å². The lowest BCUT2D eigenvalue weighted by Gasteiger charge is -2.17. The molecule has 0 radical (unpaired) electrons. The number of para-hydroxylation sites is 1. The third kappa shape index (κ3) is 3.73. The first-order chi connectivity index (χ1) is 13.1. The Bertz CT molecular complexity index is 1080. The summed E-state index contributed by atoms with van der Waals surface area (Å²) in [5.41, 5.74) is 2.93. The predicted molar refractivity (Wildman–Crippen MR) is 107 cm³/mol. The van der Waals surface area contributed by atoms with Crippen molar-refractivity contribution in [3.05, 3.63) is 83.8 Å². The molecule has 0 aliphatic heterocycles. The molecule has 136 valence electrons. The fraction of sp³-hybridized carbons (Fsp3) is 0.143. The van der Waals surface area contributed by atoms with Crippen molar-refractivity contribution in [3.8, 4) is 5.69 Å². The van der Waals surface area contributed by atoms with E-state index in [0.717, 1.165) is 22.2 Å². The van der Waals surface area contributed by atoms with Gasteiger partial charge in [0, 0.05) is 42.1 Å². The fourth-order valence-electron chi connectivity index (χ4n) is 3.09. The average molecular weight is 379 g/mol. The molecule has 0 saturated heterocycles. The minimum Gasteiger partial charge on any atom is -0.340 e. The molecule has 0 saturated carbocycles. The number of amides is 1. The summed E-state index contributed by atoms with van der Waals surface area (Å²) in [6.07, 6.45) is 5.66. The van der Waals surface area contributed by atoms with Gasteiger partial charge in [0.2, 0.25) is 5.91 Å². The summed E-state index contributed by atoms with van der Waals surface area (Å²) in [5.74, 6) is 0.0277. The lowest BCUT2D eigenvalue weighted by molar-refractivity contribution is -0.131. The molecular weight excluding hydrogens is 360 g/mol. The van der Waals surface area contributed by atoms with E-state index in [-0.39, 0.29) is 12.5 Å². The van der Waals surface area contributed by atoms with E-state index >= 15 is 0 Å². The number of fused-ring (bicyclic) bond motifs is 1. The molecule has 0 atom stereocenters. The molecule has 0 aliphatic rings. The monoisotopic (exact) mass is 378 g/mol. The van der Waals surface area contributed by atoms with Crippen molar-refractivity contribution in [3.63, 3.8) is 0 Å². The van der Waals surface area contributed by atoms with Gasteiger partial charge < -0.3 is 9.47 Å². The molecule has 4 aromatic rings. The van der Waals surface area contributed by atoms with Crippen molar-refractivity contribution in [2.75, 3.05) is 7.05 Å². The Morgan fingerprint density at radius 2 is 1.96 bits per heavy atom. The van der Waals surface area contributed by atoms with Gasteiger partial charge in [-0.05, 0) is 35.7 Å². The van der Waals surface area contributed by atoms with Crippen LogP contribution in [0.15, 0.2) is 73.2 Å². The van der Waals surface area contributed by atoms with Crippen LogP contribution in [0.1, 0.15) is 5.56 Å². The van der Waals surface area contributed by atoms with Gasteiger partial charge in [0.05, 0.1) is 11.9 Å². The van der Waals surface area contributed by atoms with Gasteiger partial charge in [-0.15, -0.1) is 0 Å². The number of aromatic nitrogens is 3. The van der Waals surface area contributed by atoms with Crippen molar-refractivity contribution in [2.45, 2.75) is 13.1 Å². The second kappa shape index (κ2) is 7.29. The van der Waals surface area contributed by atoms with Gasteiger partial charge in [0.25, 0.3) is 0 Å². The molecule has 0 aliphatic carbocycles. The maximum Gasteiger partial charge on any atom is 0.242 e. The molecule has 6 heteroatoms. The standard InChI is InChI=1S/C21H19ClN4O/c1-24(13-16-12-23-26(14-16)19-5-3-2-4-6-19)21(27)15-25-10-9-17-7-8-18(22)11-20(17)25/h2-12,14H,13,15H2,1H3. The summed E-state index contributed by atoms with van der Waals surface area (Å²) >= 11 is 6.09. The molecule has 5 nitrogen and oxygen atoms in total. The first-order valence-electron chi connectivity index (χ1n) is 8.67. The molecule has 2 heterocycles. The summed E-state index contributed by atoms with van der Waals surface area (Å²) in [4.78, 5) is 14.4. The highest BCUT2D eigenvalue weighted by atomic mass is 35.5. The number of likely N-dealkylation sites (N-methyl/N-ethyl adjacent to an activating group) is 1. The molecule has 4 rings (SSSR count). The fourth-order valence-corrected chi connectivity index (χ4v) is 3.25. The topological polar surface area (TPSA) is 43.1 Å². The van der Waals surface area contributed by atoms with E-state index in [1.165, 1.54) is 0 Å². The Morgan fingerprint density at radius 3 is 2.78 bits per heavy atom. The third-order valence-electron chi connectivity index (χ3n) is 4.54. The molecular formula is C21H19ClN4O. The van der Waals surface area contributed by atoms with Crippen molar-refractivity contribution in [1.29, 1.82) is 0 Å². The normalized spacial score (nSPS) is 11.0. The van der Waals surface area contributed by atoms with Crippen LogP contribution in [0, 0.1) is 0 Å². The highest BCUT2D eigenvalue weighted by Crippen LogP contribution is 2.20. The minimum atomic E-state index is 0.0277. The van der Waals surface area contributed by atoms with Crippen LogP contribution in [0.2, 0.25) is 5.02 Å². The van der Waals surface area contributed by atoms with Crippen molar-refractivity contribution < 1.29 is 4.79 Å². The first-order valence-corrected chi connectivity index (χ1v) is 9.05. The van der Waals surface area contributed by atoms with Crippen molar-refractivity contribution >= 4 is 28.4 Å². The van der Waals surface area contributed by atoms with Gasteiger partial charge in [0.1, 0.15) is 6.54 Å². The van der Waals surface area contributed by atoms with E-state index in [0.29, 0.717) is 11.6 Å². The van der Waals surface area contributed by atoms with Crippen LogP contribution in [-0.2, 0) is 17.9 Å². The van der Waals surface area contributed by atoms with Crippen LogP contribution >= 0.6 is 11.6 Å². The van der Waals surface area contributed by atoms with Gasteiger partial charge >= 0.3 is 0 Å². The van der Waals surface area contributed by atoms with Gasteiger partial charge in [0.15, 0.2) is 0 Å². The Balaban J connectivity index is 1.45. The molecule has 1 amide bonds. The number of carbonyl (C=O) groups excluding carboxylic acids is 1. The van der Waals surface area contributed by atoms with E-state index < -0.39 is 0 Å². The number of carbonyl (C=O) groups is 1. The van der Waals surface area contributed by atoms with E-state index in [4.69, 9.17) is 11.6 Å². The number of hydrogen-bond donors (Lipinski definition) is 0. The SMILES string of the molecule is CN(Cc1cnn(-c2ccccc2)c1)C(=O)Cn1ccc2ccc(Cl)cc21. The highest BCUT2D eigenvalue weighted by molar-refractivity contribution is 6.31. The number of halogens is 1. The summed E-state index contributed by atoms with van der Waals surface area (Å²) in [7, 11) is 1.81. The van der Waals surface area contributed by atoms with E-state index in [1.54, 1.807) is 18.1 Å². The van der Waals surface area contributed by atoms with Gasteiger partial charge in [-0.3, -0.25) is 4.79 Å². The van der Waals surface area contributed by atoms with E-state index in [9.17, 15) is 4.79 Å². The lowest BCUT2D eigenvalue weighted by atomic mass is 10.2. The van der Waals surface area contributed by atoms with Crippen molar-refractivity contribution in [1.82, 2.24) is 19.2 Å². The quantitative estimate of drug-likeness (QED) is 0.524.